The molecule has 3 heterocycles. The van der Waals surface area contributed by atoms with Gasteiger partial charge < -0.3 is 15.0 Å². The molecule has 11 nitrogen and oxygen atoms in total. The molecular formula is C18H27N7O4S. The summed E-state index contributed by atoms with van der Waals surface area (Å²) < 4.78 is 7.33. The van der Waals surface area contributed by atoms with Crippen molar-refractivity contribution in [2.24, 2.45) is 0 Å². The summed E-state index contributed by atoms with van der Waals surface area (Å²) in [6.07, 6.45) is 4.06. The number of aromatic nitrogens is 3. The Kier molecular flexibility index (Phi) is 6.14. The number of hydrogen-bond donors (Lipinski definition) is 2. The van der Waals surface area contributed by atoms with E-state index in [-0.39, 0.29) is 11.7 Å². The van der Waals surface area contributed by atoms with Gasteiger partial charge in [-0.05, 0) is 19.8 Å². The molecule has 2 N–H and O–H groups in total. The molecule has 164 valence electrons. The molecular weight excluding hydrogens is 410 g/mol. The number of nitrogens with one attached hydrogen (secondary N) is 2. The predicted octanol–water partition coefficient (Wildman–Crippen LogP) is 0.513. The molecule has 1 aromatic rings. The van der Waals surface area contributed by atoms with E-state index in [2.05, 4.69) is 25.8 Å². The van der Waals surface area contributed by atoms with Crippen LogP contribution in [0.1, 0.15) is 39.0 Å². The van der Waals surface area contributed by atoms with E-state index in [4.69, 9.17) is 4.74 Å². The van der Waals surface area contributed by atoms with Crippen LogP contribution in [0, 0.1) is 0 Å². The van der Waals surface area contributed by atoms with Crippen LogP contribution in [0.4, 0.5) is 10.7 Å². The van der Waals surface area contributed by atoms with E-state index in [1.165, 1.54) is 11.8 Å². The largest absolute Gasteiger partial charge is 0.378 e. The number of amides is 4. The second-order valence-electron chi connectivity index (χ2n) is 7.66. The van der Waals surface area contributed by atoms with E-state index < -0.39 is 17.5 Å². The van der Waals surface area contributed by atoms with Crippen LogP contribution in [0.3, 0.4) is 0 Å². The van der Waals surface area contributed by atoms with Gasteiger partial charge in [-0.25, -0.2) is 4.79 Å². The van der Waals surface area contributed by atoms with Gasteiger partial charge in [0.1, 0.15) is 5.54 Å². The highest BCUT2D eigenvalue weighted by atomic mass is 32.2. The van der Waals surface area contributed by atoms with E-state index in [0.29, 0.717) is 37.8 Å². The zero-order chi connectivity index (χ0) is 21.1. The zero-order valence-corrected chi connectivity index (χ0v) is 17.9. The highest BCUT2D eigenvalue weighted by molar-refractivity contribution is 7.99. The molecule has 0 atom stereocenters. The van der Waals surface area contributed by atoms with Crippen LogP contribution in [-0.4, -0.2) is 75.2 Å². The number of carbonyl (C=O) groups is 3. The number of hydrogen-bond acceptors (Lipinski definition) is 8. The van der Waals surface area contributed by atoms with Crippen molar-refractivity contribution in [3.05, 3.63) is 0 Å². The monoisotopic (exact) mass is 437 g/mol. The van der Waals surface area contributed by atoms with Gasteiger partial charge in [0.25, 0.3) is 5.91 Å². The molecule has 1 aromatic heterocycles. The maximum absolute atomic E-state index is 12.8. The summed E-state index contributed by atoms with van der Waals surface area (Å²) in [5.74, 6) is -0.0189. The first-order valence-electron chi connectivity index (χ1n) is 10.4. The predicted molar refractivity (Wildman–Crippen MR) is 109 cm³/mol. The highest BCUT2D eigenvalue weighted by Gasteiger charge is 2.52. The Labute approximate surface area is 178 Å². The number of morpholine rings is 1. The number of hydrazine groups is 1. The summed E-state index contributed by atoms with van der Waals surface area (Å²) >= 11 is 1.23. The SMILES string of the molecule is CCn1c(SCC(=O)NN2C(=O)NC3(CCCCC3)C2=O)nnc1N1CCOCC1. The van der Waals surface area contributed by atoms with E-state index in [9.17, 15) is 14.4 Å². The van der Waals surface area contributed by atoms with Gasteiger partial charge in [-0.2, -0.15) is 5.01 Å². The molecule has 0 radical (unpaired) electrons. The van der Waals surface area contributed by atoms with Crippen molar-refractivity contribution in [2.75, 3.05) is 37.0 Å². The maximum atomic E-state index is 12.8. The van der Waals surface area contributed by atoms with Crippen molar-refractivity contribution in [1.29, 1.82) is 0 Å². The van der Waals surface area contributed by atoms with Crippen LogP contribution in [-0.2, 0) is 20.9 Å². The number of thioether (sulfide) groups is 1. The van der Waals surface area contributed by atoms with Gasteiger partial charge in [-0.3, -0.25) is 19.6 Å². The van der Waals surface area contributed by atoms with Crippen molar-refractivity contribution >= 4 is 35.6 Å². The van der Waals surface area contributed by atoms with Crippen molar-refractivity contribution in [3.8, 4) is 0 Å². The van der Waals surface area contributed by atoms with Crippen LogP contribution in [0.2, 0.25) is 0 Å². The summed E-state index contributed by atoms with van der Waals surface area (Å²) in [7, 11) is 0. The van der Waals surface area contributed by atoms with Crippen LogP contribution in [0.5, 0.6) is 0 Å². The quantitative estimate of drug-likeness (QED) is 0.488. The van der Waals surface area contributed by atoms with Crippen molar-refractivity contribution < 1.29 is 19.1 Å². The van der Waals surface area contributed by atoms with Gasteiger partial charge in [0.2, 0.25) is 11.9 Å². The Balaban J connectivity index is 1.35. The fraction of sp³-hybridized carbons (Fsp3) is 0.722. The molecule has 2 saturated heterocycles. The lowest BCUT2D eigenvalue weighted by Gasteiger charge is -2.30. The Morgan fingerprint density at radius 3 is 2.63 bits per heavy atom. The molecule has 12 heteroatoms. The van der Waals surface area contributed by atoms with E-state index in [1.807, 2.05) is 11.5 Å². The van der Waals surface area contributed by atoms with Crippen molar-refractivity contribution in [1.82, 2.24) is 30.5 Å². The third-order valence-corrected chi connectivity index (χ3v) is 6.71. The highest BCUT2D eigenvalue weighted by Crippen LogP contribution is 2.33. The van der Waals surface area contributed by atoms with Gasteiger partial charge in [0, 0.05) is 19.6 Å². The van der Waals surface area contributed by atoms with Crippen LogP contribution < -0.4 is 15.6 Å². The van der Waals surface area contributed by atoms with Gasteiger partial charge in [0.05, 0.1) is 19.0 Å². The second-order valence-corrected chi connectivity index (χ2v) is 8.61. The molecule has 4 rings (SSSR count). The lowest BCUT2D eigenvalue weighted by atomic mass is 9.82. The molecule has 0 aromatic carbocycles. The molecule has 1 saturated carbocycles. The minimum atomic E-state index is -0.856. The summed E-state index contributed by atoms with van der Waals surface area (Å²) in [5, 5.41) is 12.7. The van der Waals surface area contributed by atoms with Crippen molar-refractivity contribution in [3.63, 3.8) is 0 Å². The standard InChI is InChI=1S/C18H27N7O4S/c1-2-24-15(23-8-10-29-11-9-23)20-21-17(24)30-12-13(26)22-25-14(27)18(19-16(25)28)6-4-3-5-7-18/h2-12H2,1H3,(H,19,28)(H,22,26). The normalized spacial score (nSPS) is 21.2. The van der Waals surface area contributed by atoms with E-state index in [0.717, 1.165) is 43.3 Å². The molecule has 3 fully saturated rings. The van der Waals surface area contributed by atoms with E-state index >= 15 is 0 Å². The minimum absolute atomic E-state index is 0.0192. The number of urea groups is 1. The summed E-state index contributed by atoms with van der Waals surface area (Å²) in [6.45, 7) is 5.45. The summed E-state index contributed by atoms with van der Waals surface area (Å²) in [5.41, 5.74) is 1.60. The zero-order valence-electron chi connectivity index (χ0n) is 17.1. The molecule has 2 aliphatic heterocycles. The fourth-order valence-electron chi connectivity index (χ4n) is 4.16. The number of imide groups is 1. The number of rotatable bonds is 6. The molecule has 4 amide bonds. The molecule has 1 aliphatic carbocycles. The fourth-order valence-corrected chi connectivity index (χ4v) is 4.95. The van der Waals surface area contributed by atoms with Gasteiger partial charge in [-0.1, -0.05) is 31.0 Å². The Bertz CT molecular complexity index is 817. The minimum Gasteiger partial charge on any atom is -0.378 e. The van der Waals surface area contributed by atoms with E-state index in [1.54, 1.807) is 0 Å². The second kappa shape index (κ2) is 8.80. The first-order valence-corrected chi connectivity index (χ1v) is 11.4. The number of anilines is 1. The lowest BCUT2D eigenvalue weighted by Crippen LogP contribution is -2.51. The number of nitrogens with zero attached hydrogens (tertiary/aromatic N) is 5. The first kappa shape index (κ1) is 20.9. The molecule has 0 bridgehead atoms. The number of carbonyl (C=O) groups excluding carboxylic acids is 3. The van der Waals surface area contributed by atoms with Crippen LogP contribution >= 0.6 is 11.8 Å². The summed E-state index contributed by atoms with van der Waals surface area (Å²) in [6, 6.07) is -0.563. The average molecular weight is 438 g/mol. The summed E-state index contributed by atoms with van der Waals surface area (Å²) in [4.78, 5) is 39.6. The van der Waals surface area contributed by atoms with Crippen LogP contribution in [0.25, 0.3) is 0 Å². The van der Waals surface area contributed by atoms with Gasteiger partial charge in [-0.15, -0.1) is 10.2 Å². The molecule has 30 heavy (non-hydrogen) atoms. The lowest BCUT2D eigenvalue weighted by molar-refractivity contribution is -0.139. The van der Waals surface area contributed by atoms with Gasteiger partial charge >= 0.3 is 6.03 Å². The van der Waals surface area contributed by atoms with Gasteiger partial charge in [0.15, 0.2) is 5.16 Å². The third kappa shape index (κ3) is 3.97. The first-order chi connectivity index (χ1) is 14.5. The topological polar surface area (TPSA) is 122 Å². The van der Waals surface area contributed by atoms with Crippen molar-refractivity contribution in [2.45, 2.75) is 56.3 Å². The molecule has 0 unspecified atom stereocenters. The Morgan fingerprint density at radius 2 is 1.93 bits per heavy atom. The molecule has 3 aliphatic rings. The Morgan fingerprint density at radius 1 is 1.20 bits per heavy atom. The maximum Gasteiger partial charge on any atom is 0.344 e. The molecule has 1 spiro atoms. The average Bonchev–Trinajstić information content (AvgIpc) is 3.28. The Hall–Kier alpha value is -2.34. The third-order valence-electron chi connectivity index (χ3n) is 5.75. The number of ether oxygens (including phenoxy) is 1. The smallest absolute Gasteiger partial charge is 0.344 e. The van der Waals surface area contributed by atoms with Crippen LogP contribution in [0.15, 0.2) is 5.16 Å².